The summed E-state index contributed by atoms with van der Waals surface area (Å²) in [6.07, 6.45) is 8.95. The Balaban J connectivity index is 1.38. The topological polar surface area (TPSA) is 110 Å². The second-order valence-electron chi connectivity index (χ2n) is 8.64. The number of rotatable bonds is 9. The lowest BCUT2D eigenvalue weighted by Crippen LogP contribution is -2.18. The summed E-state index contributed by atoms with van der Waals surface area (Å²) in [5, 5.41) is 7.00. The molecule has 2 N–H and O–H groups in total. The first-order valence-corrected chi connectivity index (χ1v) is 12.7. The van der Waals surface area contributed by atoms with E-state index in [1.54, 1.807) is 18.3 Å². The van der Waals surface area contributed by atoms with E-state index in [0.717, 1.165) is 19.6 Å². The molecule has 196 valence electrons. The first-order valence-electron chi connectivity index (χ1n) is 12.0. The van der Waals surface area contributed by atoms with Crippen molar-refractivity contribution in [3.8, 4) is 22.8 Å². The lowest BCUT2D eigenvalue weighted by Gasteiger charge is -2.17. The Morgan fingerprint density at radius 1 is 0.842 bits per heavy atom. The summed E-state index contributed by atoms with van der Waals surface area (Å²) in [5.74, 6) is 2.50. The Kier molecular flexibility index (Phi) is 8.02. The van der Waals surface area contributed by atoms with Crippen LogP contribution in [0.5, 0.6) is 11.5 Å². The number of aromatic nitrogens is 5. The molecule has 10 nitrogen and oxygen atoms in total. The number of anilines is 4. The molecule has 0 saturated carbocycles. The predicted molar refractivity (Wildman–Crippen MR) is 148 cm³/mol. The molecule has 0 atom stereocenters. The Morgan fingerprint density at radius 3 is 2.29 bits per heavy atom. The zero-order valence-electron chi connectivity index (χ0n) is 20.9. The fraction of sp³-hybridized carbons (Fsp3) is 0.269. The molecule has 4 heterocycles. The molecule has 1 aliphatic rings. The van der Waals surface area contributed by atoms with Crippen LogP contribution in [0.3, 0.4) is 0 Å². The van der Waals surface area contributed by atoms with Gasteiger partial charge < -0.3 is 20.1 Å². The van der Waals surface area contributed by atoms with E-state index < -0.39 is 0 Å². The van der Waals surface area contributed by atoms with Crippen LogP contribution in [0.15, 0.2) is 49.3 Å². The van der Waals surface area contributed by atoms with Crippen molar-refractivity contribution in [2.24, 2.45) is 0 Å². The van der Waals surface area contributed by atoms with Gasteiger partial charge in [0.15, 0.2) is 0 Å². The van der Waals surface area contributed by atoms with Crippen LogP contribution < -0.4 is 20.1 Å². The molecule has 0 aliphatic carbocycles. The van der Waals surface area contributed by atoms with E-state index >= 15 is 0 Å². The molecule has 1 saturated heterocycles. The number of nitrogens with one attached hydrogen (secondary N) is 2. The van der Waals surface area contributed by atoms with E-state index in [-0.39, 0.29) is 10.0 Å². The molecule has 1 aromatic carbocycles. The average molecular weight is 553 g/mol. The smallest absolute Gasteiger partial charge is 0.143 e. The minimum absolute atomic E-state index is 0.284. The van der Waals surface area contributed by atoms with E-state index in [1.165, 1.54) is 45.3 Å². The maximum absolute atomic E-state index is 6.55. The molecule has 38 heavy (non-hydrogen) atoms. The van der Waals surface area contributed by atoms with Crippen molar-refractivity contribution in [2.75, 3.05) is 37.9 Å². The second kappa shape index (κ2) is 11.8. The van der Waals surface area contributed by atoms with Crippen molar-refractivity contribution in [1.29, 1.82) is 0 Å². The summed E-state index contributed by atoms with van der Waals surface area (Å²) >= 11 is 13.1. The molecule has 12 heteroatoms. The number of methoxy groups -OCH3 is 2. The molecule has 0 amide bonds. The summed E-state index contributed by atoms with van der Waals surface area (Å²) in [6.45, 7) is 3.21. The zero-order chi connectivity index (χ0) is 26.5. The maximum atomic E-state index is 6.55. The third kappa shape index (κ3) is 5.72. The molecule has 5 rings (SSSR count). The standard InChI is InChI=1S/C26H26Cl2N8O2/c1-37-19-10-20(38-2)24(28)25(23(19)27)35-26-17(12-29-14-33-26)18-9-22(32-15-31-18)34-21-6-5-16(11-30-21)13-36-7-3-4-8-36/h5-6,9-12,14-15H,3-4,7-8,13H2,1-2H3,(H,29,33,35)(H,30,31,32,34). The van der Waals surface area contributed by atoms with Gasteiger partial charge in [-0.2, -0.15) is 0 Å². The number of benzene rings is 1. The van der Waals surface area contributed by atoms with Gasteiger partial charge in [0.25, 0.3) is 0 Å². The first-order chi connectivity index (χ1) is 18.6. The van der Waals surface area contributed by atoms with Gasteiger partial charge in [-0.25, -0.2) is 24.9 Å². The van der Waals surface area contributed by atoms with Crippen molar-refractivity contribution in [1.82, 2.24) is 29.8 Å². The van der Waals surface area contributed by atoms with Crippen LogP contribution in [-0.4, -0.2) is 57.1 Å². The fourth-order valence-electron chi connectivity index (χ4n) is 4.23. The van der Waals surface area contributed by atoms with Crippen molar-refractivity contribution < 1.29 is 9.47 Å². The van der Waals surface area contributed by atoms with E-state index in [4.69, 9.17) is 32.7 Å². The van der Waals surface area contributed by atoms with Crippen LogP contribution in [0.25, 0.3) is 11.3 Å². The molecule has 1 aliphatic heterocycles. The second-order valence-corrected chi connectivity index (χ2v) is 9.40. The largest absolute Gasteiger partial charge is 0.495 e. The molecular formula is C26H26Cl2N8O2. The molecule has 1 fully saturated rings. The van der Waals surface area contributed by atoms with Crippen molar-refractivity contribution >= 4 is 46.3 Å². The predicted octanol–water partition coefficient (Wildman–Crippen LogP) is 5.74. The van der Waals surface area contributed by atoms with Crippen LogP contribution in [0.2, 0.25) is 10.0 Å². The Hall–Kier alpha value is -3.73. The summed E-state index contributed by atoms with van der Waals surface area (Å²) in [6, 6.07) is 7.44. The number of hydrogen-bond acceptors (Lipinski definition) is 10. The molecule has 0 radical (unpaired) electrons. The van der Waals surface area contributed by atoms with Gasteiger partial charge in [-0.15, -0.1) is 0 Å². The first kappa shape index (κ1) is 25.9. The molecular weight excluding hydrogens is 527 g/mol. The van der Waals surface area contributed by atoms with E-state index in [1.807, 2.05) is 12.3 Å². The monoisotopic (exact) mass is 552 g/mol. The number of halogens is 2. The minimum atomic E-state index is 0.284. The van der Waals surface area contributed by atoms with Crippen LogP contribution in [0, 0.1) is 0 Å². The van der Waals surface area contributed by atoms with Gasteiger partial charge >= 0.3 is 0 Å². The normalized spacial score (nSPS) is 13.4. The third-order valence-electron chi connectivity index (χ3n) is 6.16. The van der Waals surface area contributed by atoms with Crippen LogP contribution >= 0.6 is 23.2 Å². The van der Waals surface area contributed by atoms with Gasteiger partial charge in [0, 0.05) is 31.1 Å². The van der Waals surface area contributed by atoms with E-state index in [9.17, 15) is 0 Å². The highest BCUT2D eigenvalue weighted by atomic mass is 35.5. The lowest BCUT2D eigenvalue weighted by atomic mass is 10.2. The molecule has 0 spiro atoms. The Morgan fingerprint density at radius 2 is 1.61 bits per heavy atom. The highest BCUT2D eigenvalue weighted by molar-refractivity contribution is 6.41. The minimum Gasteiger partial charge on any atom is -0.495 e. The SMILES string of the molecule is COc1cc(OC)c(Cl)c(Nc2ncncc2-c2cc(Nc3ccc(CN4CCCC4)cn3)ncn2)c1Cl. The zero-order valence-corrected chi connectivity index (χ0v) is 22.4. The quantitative estimate of drug-likeness (QED) is 0.266. The van der Waals surface area contributed by atoms with Crippen molar-refractivity contribution in [3.05, 3.63) is 64.9 Å². The summed E-state index contributed by atoms with van der Waals surface area (Å²) < 4.78 is 10.7. The highest BCUT2D eigenvalue weighted by Gasteiger charge is 2.20. The Bertz CT molecular complexity index is 1390. The van der Waals surface area contributed by atoms with Crippen LogP contribution in [0.4, 0.5) is 23.1 Å². The van der Waals surface area contributed by atoms with E-state index in [2.05, 4.69) is 46.5 Å². The van der Waals surface area contributed by atoms with Crippen molar-refractivity contribution in [3.63, 3.8) is 0 Å². The maximum Gasteiger partial charge on any atom is 0.143 e. The molecule has 3 aromatic heterocycles. The summed E-state index contributed by atoms with van der Waals surface area (Å²) in [5.41, 5.74) is 2.76. The third-order valence-corrected chi connectivity index (χ3v) is 6.91. The molecule has 0 unspecified atom stereocenters. The van der Waals surface area contributed by atoms with E-state index in [0.29, 0.717) is 45.9 Å². The number of likely N-dealkylation sites (tertiary alicyclic amines) is 1. The summed E-state index contributed by atoms with van der Waals surface area (Å²) in [7, 11) is 3.03. The highest BCUT2D eigenvalue weighted by Crippen LogP contribution is 2.45. The van der Waals surface area contributed by atoms with Gasteiger partial charge in [0.05, 0.1) is 31.2 Å². The van der Waals surface area contributed by atoms with Crippen LogP contribution in [0.1, 0.15) is 18.4 Å². The molecule has 0 bridgehead atoms. The number of pyridine rings is 1. The van der Waals surface area contributed by atoms with Crippen LogP contribution in [-0.2, 0) is 6.54 Å². The Labute approximate surface area is 230 Å². The van der Waals surface area contributed by atoms with Gasteiger partial charge in [0.2, 0.25) is 0 Å². The fourth-order valence-corrected chi connectivity index (χ4v) is 4.82. The number of hydrogen-bond donors (Lipinski definition) is 2. The lowest BCUT2D eigenvalue weighted by molar-refractivity contribution is 0.331. The number of nitrogens with zero attached hydrogens (tertiary/aromatic N) is 6. The van der Waals surface area contributed by atoms with Crippen molar-refractivity contribution in [2.45, 2.75) is 19.4 Å². The summed E-state index contributed by atoms with van der Waals surface area (Å²) in [4.78, 5) is 24.3. The average Bonchev–Trinajstić information content (AvgIpc) is 3.46. The number of ether oxygens (including phenoxy) is 2. The van der Waals surface area contributed by atoms with Gasteiger partial charge in [-0.3, -0.25) is 4.90 Å². The van der Waals surface area contributed by atoms with Gasteiger partial charge in [-0.05, 0) is 37.6 Å². The molecule has 4 aromatic rings. The van der Waals surface area contributed by atoms with Gasteiger partial charge in [-0.1, -0.05) is 29.3 Å². The van der Waals surface area contributed by atoms with Gasteiger partial charge in [0.1, 0.15) is 51.7 Å².